The number of nitrogen functional groups attached to an aromatic ring is 1. The van der Waals surface area contributed by atoms with Gasteiger partial charge in [-0.1, -0.05) is 12.1 Å². The van der Waals surface area contributed by atoms with Crippen LogP contribution in [0.1, 0.15) is 5.56 Å². The fraction of sp³-hybridized carbons (Fsp3) is 0.462. The average molecular weight is 251 g/mol. The van der Waals surface area contributed by atoms with Gasteiger partial charge in [-0.25, -0.2) is 0 Å². The molecule has 1 rings (SSSR count). The molecular formula is C13H21N3O2. The Hall–Kier alpha value is -1.43. The number of nitrogens with zero attached hydrogens (tertiary/aromatic N) is 1. The molecule has 0 unspecified atom stereocenters. The summed E-state index contributed by atoms with van der Waals surface area (Å²) in [6, 6.07) is 7.57. The lowest BCUT2D eigenvalue weighted by Crippen LogP contribution is -2.12. The van der Waals surface area contributed by atoms with E-state index in [4.69, 9.17) is 20.9 Å². The van der Waals surface area contributed by atoms with Crippen molar-refractivity contribution in [2.24, 2.45) is 10.7 Å². The molecule has 1 aromatic rings. The Morgan fingerprint density at radius 2 is 1.67 bits per heavy atom. The van der Waals surface area contributed by atoms with Crippen LogP contribution in [0.15, 0.2) is 29.3 Å². The normalized spacial score (nSPS) is 11.2. The van der Waals surface area contributed by atoms with Crippen LogP contribution in [0.4, 0.5) is 5.69 Å². The molecule has 0 aliphatic heterocycles. The van der Waals surface area contributed by atoms with Crippen molar-refractivity contribution in [1.82, 2.24) is 0 Å². The van der Waals surface area contributed by atoms with Crippen LogP contribution in [0.3, 0.4) is 0 Å². The predicted molar refractivity (Wildman–Crippen MR) is 74.0 cm³/mol. The summed E-state index contributed by atoms with van der Waals surface area (Å²) in [7, 11) is 0. The van der Waals surface area contributed by atoms with Gasteiger partial charge < -0.3 is 20.9 Å². The summed E-state index contributed by atoms with van der Waals surface area (Å²) in [5.74, 6) is 0. The van der Waals surface area contributed by atoms with Crippen molar-refractivity contribution in [1.29, 1.82) is 0 Å². The highest BCUT2D eigenvalue weighted by molar-refractivity contribution is 5.80. The summed E-state index contributed by atoms with van der Waals surface area (Å²) in [6.45, 7) is 3.53. The van der Waals surface area contributed by atoms with E-state index in [-0.39, 0.29) is 0 Å². The van der Waals surface area contributed by atoms with Crippen molar-refractivity contribution in [3.63, 3.8) is 0 Å². The van der Waals surface area contributed by atoms with E-state index in [1.54, 1.807) is 0 Å². The zero-order chi connectivity index (χ0) is 13.1. The summed E-state index contributed by atoms with van der Waals surface area (Å²) >= 11 is 0. The number of anilines is 1. The monoisotopic (exact) mass is 251 g/mol. The molecule has 0 spiro atoms. The van der Waals surface area contributed by atoms with Gasteiger partial charge in [0.25, 0.3) is 0 Å². The zero-order valence-corrected chi connectivity index (χ0v) is 10.5. The van der Waals surface area contributed by atoms with Gasteiger partial charge in [-0.2, -0.15) is 0 Å². The smallest absolute Gasteiger partial charge is 0.0701 e. The Morgan fingerprint density at radius 3 is 2.33 bits per heavy atom. The van der Waals surface area contributed by atoms with Crippen molar-refractivity contribution in [2.45, 2.75) is 0 Å². The van der Waals surface area contributed by atoms with Gasteiger partial charge in [0, 0.05) is 18.4 Å². The van der Waals surface area contributed by atoms with Crippen LogP contribution in [0.2, 0.25) is 0 Å². The molecule has 0 fully saturated rings. The van der Waals surface area contributed by atoms with E-state index in [9.17, 15) is 0 Å². The van der Waals surface area contributed by atoms with E-state index in [0.29, 0.717) is 39.5 Å². The highest BCUT2D eigenvalue weighted by Crippen LogP contribution is 2.02. The van der Waals surface area contributed by atoms with Gasteiger partial charge >= 0.3 is 0 Å². The Labute approximate surface area is 108 Å². The lowest BCUT2D eigenvalue weighted by atomic mass is 10.2. The second-order valence-corrected chi connectivity index (χ2v) is 3.72. The molecule has 0 aromatic heterocycles. The summed E-state index contributed by atoms with van der Waals surface area (Å²) in [5.41, 5.74) is 12.7. The Morgan fingerprint density at radius 1 is 1.00 bits per heavy atom. The number of nitrogens with two attached hydrogens (primary N) is 2. The number of hydrogen-bond donors (Lipinski definition) is 2. The van der Waals surface area contributed by atoms with Crippen LogP contribution >= 0.6 is 0 Å². The van der Waals surface area contributed by atoms with Crippen molar-refractivity contribution in [3.8, 4) is 0 Å². The molecule has 5 heteroatoms. The largest absolute Gasteiger partial charge is 0.399 e. The minimum Gasteiger partial charge on any atom is -0.399 e. The van der Waals surface area contributed by atoms with Crippen LogP contribution in [-0.2, 0) is 9.47 Å². The molecule has 0 atom stereocenters. The Balaban J connectivity index is 2.02. The average Bonchev–Trinajstić information content (AvgIpc) is 2.39. The molecule has 18 heavy (non-hydrogen) atoms. The second-order valence-electron chi connectivity index (χ2n) is 3.72. The van der Waals surface area contributed by atoms with Crippen LogP contribution in [0.5, 0.6) is 0 Å². The standard InChI is InChI=1S/C13H21N3O2/c14-5-7-17-9-10-18-8-6-16-11-12-1-3-13(15)4-2-12/h1-4,11H,5-10,14-15H2. The van der Waals surface area contributed by atoms with E-state index >= 15 is 0 Å². The third kappa shape index (κ3) is 7.01. The molecule has 4 N–H and O–H groups in total. The van der Waals surface area contributed by atoms with Crippen molar-refractivity contribution in [2.75, 3.05) is 45.3 Å². The van der Waals surface area contributed by atoms with Gasteiger partial charge in [0.1, 0.15) is 0 Å². The second kappa shape index (κ2) is 9.58. The van der Waals surface area contributed by atoms with E-state index < -0.39 is 0 Å². The van der Waals surface area contributed by atoms with E-state index in [0.717, 1.165) is 11.3 Å². The molecule has 0 bridgehead atoms. The quantitative estimate of drug-likeness (QED) is 0.384. The van der Waals surface area contributed by atoms with Crippen molar-refractivity contribution < 1.29 is 9.47 Å². The van der Waals surface area contributed by atoms with Gasteiger partial charge in [-0.3, -0.25) is 4.99 Å². The first-order chi connectivity index (χ1) is 8.83. The van der Waals surface area contributed by atoms with E-state index in [1.165, 1.54) is 0 Å². The first-order valence-electron chi connectivity index (χ1n) is 6.04. The van der Waals surface area contributed by atoms with Crippen molar-refractivity contribution >= 4 is 11.9 Å². The molecule has 0 aliphatic carbocycles. The number of rotatable bonds is 9. The fourth-order valence-electron chi connectivity index (χ4n) is 1.27. The molecule has 0 amide bonds. The van der Waals surface area contributed by atoms with Gasteiger partial charge in [0.2, 0.25) is 0 Å². The summed E-state index contributed by atoms with van der Waals surface area (Å²) < 4.78 is 10.5. The van der Waals surface area contributed by atoms with Crippen LogP contribution < -0.4 is 11.5 Å². The molecule has 0 heterocycles. The fourth-order valence-corrected chi connectivity index (χ4v) is 1.27. The molecule has 1 aromatic carbocycles. The molecule has 100 valence electrons. The third-order valence-corrected chi connectivity index (χ3v) is 2.18. The zero-order valence-electron chi connectivity index (χ0n) is 10.5. The Kier molecular flexibility index (Phi) is 7.79. The van der Waals surface area contributed by atoms with Gasteiger partial charge in [0.05, 0.1) is 33.0 Å². The van der Waals surface area contributed by atoms with E-state index in [1.807, 2.05) is 30.5 Å². The van der Waals surface area contributed by atoms with E-state index in [2.05, 4.69) is 4.99 Å². The first-order valence-corrected chi connectivity index (χ1v) is 6.04. The minimum absolute atomic E-state index is 0.548. The number of ether oxygens (including phenoxy) is 2. The summed E-state index contributed by atoms with van der Waals surface area (Å²) in [5, 5.41) is 0. The molecule has 0 radical (unpaired) electrons. The molecular weight excluding hydrogens is 230 g/mol. The maximum atomic E-state index is 5.59. The van der Waals surface area contributed by atoms with Crippen LogP contribution in [-0.4, -0.2) is 45.7 Å². The van der Waals surface area contributed by atoms with Gasteiger partial charge in [-0.15, -0.1) is 0 Å². The van der Waals surface area contributed by atoms with Crippen LogP contribution in [0.25, 0.3) is 0 Å². The summed E-state index contributed by atoms with van der Waals surface area (Å²) in [4.78, 5) is 4.25. The maximum Gasteiger partial charge on any atom is 0.0701 e. The first kappa shape index (κ1) is 14.6. The predicted octanol–water partition coefficient (Wildman–Crippen LogP) is 0.680. The van der Waals surface area contributed by atoms with Gasteiger partial charge in [0.15, 0.2) is 0 Å². The molecule has 0 saturated carbocycles. The number of benzene rings is 1. The lowest BCUT2D eigenvalue weighted by molar-refractivity contribution is 0.0540. The minimum atomic E-state index is 0.548. The molecule has 0 aliphatic rings. The third-order valence-electron chi connectivity index (χ3n) is 2.18. The van der Waals surface area contributed by atoms with Gasteiger partial charge in [-0.05, 0) is 17.7 Å². The Bertz CT molecular complexity index is 339. The maximum absolute atomic E-state index is 5.59. The SMILES string of the molecule is NCCOCCOCCN=Cc1ccc(N)cc1. The van der Waals surface area contributed by atoms with Crippen LogP contribution in [0, 0.1) is 0 Å². The molecule has 0 saturated heterocycles. The highest BCUT2D eigenvalue weighted by atomic mass is 16.5. The number of aliphatic imine (C=N–C) groups is 1. The molecule has 5 nitrogen and oxygen atoms in total. The lowest BCUT2D eigenvalue weighted by Gasteiger charge is -2.02. The van der Waals surface area contributed by atoms with Crippen molar-refractivity contribution in [3.05, 3.63) is 29.8 Å². The topological polar surface area (TPSA) is 82.9 Å². The summed E-state index contributed by atoms with van der Waals surface area (Å²) in [6.07, 6.45) is 1.81. The highest BCUT2D eigenvalue weighted by Gasteiger charge is 1.89. The number of hydrogen-bond acceptors (Lipinski definition) is 5.